The van der Waals surface area contributed by atoms with Crippen LogP contribution in [0.25, 0.3) is 0 Å². The molecule has 15 heavy (non-hydrogen) atoms. The molecule has 5 heteroatoms. The quantitative estimate of drug-likeness (QED) is 0.684. The molecule has 0 saturated heterocycles. The predicted molar refractivity (Wildman–Crippen MR) is 60.5 cm³/mol. The van der Waals surface area contributed by atoms with Crippen LogP contribution in [-0.4, -0.2) is 21.7 Å². The first-order valence-corrected chi connectivity index (χ1v) is 5.44. The first-order valence-electron chi connectivity index (χ1n) is 4.14. The average Bonchev–Trinajstić information content (AvgIpc) is 2.20. The molecule has 0 aliphatic carbocycles. The van der Waals surface area contributed by atoms with Crippen molar-refractivity contribution < 1.29 is 14.7 Å². The van der Waals surface area contributed by atoms with Gasteiger partial charge in [0.1, 0.15) is 0 Å². The molecule has 1 aromatic carbocycles. The molecule has 0 radical (unpaired) electrons. The molecule has 1 N–H and O–H groups in total. The van der Waals surface area contributed by atoms with E-state index in [2.05, 4.69) is 15.9 Å². The van der Waals surface area contributed by atoms with Crippen molar-refractivity contribution in [1.82, 2.24) is 0 Å². The number of rotatable bonds is 4. The van der Waals surface area contributed by atoms with E-state index >= 15 is 0 Å². The smallest absolute Gasteiger partial charge is 0.324 e. The number of Topliss-reactive ketones (excluding diaryl/α,β-unsaturated/α-hetero) is 1. The first kappa shape index (κ1) is 12.2. The van der Waals surface area contributed by atoms with Crippen LogP contribution < -0.4 is 0 Å². The molecule has 80 valence electrons. The van der Waals surface area contributed by atoms with Gasteiger partial charge in [-0.25, -0.2) is 0 Å². The monoisotopic (exact) mass is 290 g/mol. The van der Waals surface area contributed by atoms with Gasteiger partial charge in [0.05, 0.1) is 0 Å². The highest BCUT2D eigenvalue weighted by Crippen LogP contribution is 2.12. The molecule has 0 aliphatic heterocycles. The van der Waals surface area contributed by atoms with E-state index in [1.807, 2.05) is 0 Å². The fraction of sp³-hybridized carbons (Fsp3) is 0.200. The lowest BCUT2D eigenvalue weighted by atomic mass is 10.1. The van der Waals surface area contributed by atoms with Crippen molar-refractivity contribution in [3.63, 3.8) is 0 Å². The number of hydrogen-bond donors (Lipinski definition) is 1. The second-order valence-electron chi connectivity index (χ2n) is 2.97. The van der Waals surface area contributed by atoms with Crippen molar-refractivity contribution in [3.05, 3.63) is 34.9 Å². The van der Waals surface area contributed by atoms with Crippen LogP contribution in [0.2, 0.25) is 5.02 Å². The van der Waals surface area contributed by atoms with Gasteiger partial charge in [-0.05, 0) is 17.7 Å². The maximum atomic E-state index is 11.4. The maximum Gasteiger partial charge on any atom is 0.324 e. The van der Waals surface area contributed by atoms with Crippen LogP contribution in [0.5, 0.6) is 0 Å². The number of carbonyl (C=O) groups excluding carboxylic acids is 1. The van der Waals surface area contributed by atoms with E-state index in [4.69, 9.17) is 16.7 Å². The number of carbonyl (C=O) groups is 2. The number of halogens is 2. The fourth-order valence-corrected chi connectivity index (χ4v) is 1.32. The molecule has 3 nitrogen and oxygen atoms in total. The van der Waals surface area contributed by atoms with Crippen molar-refractivity contribution >= 4 is 39.3 Å². The number of benzene rings is 1. The Hall–Kier alpha value is -0.870. The number of aliphatic carboxylic acids is 1. The molecular weight excluding hydrogens is 283 g/mol. The first-order chi connectivity index (χ1) is 7.00. The highest BCUT2D eigenvalue weighted by Gasteiger charge is 2.22. The molecule has 1 rings (SSSR count). The van der Waals surface area contributed by atoms with Gasteiger partial charge >= 0.3 is 5.97 Å². The van der Waals surface area contributed by atoms with Gasteiger partial charge in [0.15, 0.2) is 10.6 Å². The minimum absolute atomic E-state index is 0.0827. The number of hydrogen-bond acceptors (Lipinski definition) is 2. The number of carboxylic acids is 1. The van der Waals surface area contributed by atoms with Gasteiger partial charge in [-0.15, -0.1) is 0 Å². The van der Waals surface area contributed by atoms with Gasteiger partial charge in [-0.1, -0.05) is 39.7 Å². The summed E-state index contributed by atoms with van der Waals surface area (Å²) in [5.41, 5.74) is 0.745. The van der Waals surface area contributed by atoms with Crippen molar-refractivity contribution in [2.75, 3.05) is 0 Å². The van der Waals surface area contributed by atoms with E-state index in [9.17, 15) is 9.59 Å². The van der Waals surface area contributed by atoms with Crippen LogP contribution >= 0.6 is 27.5 Å². The van der Waals surface area contributed by atoms with E-state index in [-0.39, 0.29) is 12.2 Å². The Bertz CT molecular complexity index is 375. The van der Waals surface area contributed by atoms with Crippen LogP contribution in [0, 0.1) is 0 Å². The molecule has 0 aromatic heterocycles. The van der Waals surface area contributed by atoms with Gasteiger partial charge in [0, 0.05) is 11.4 Å². The van der Waals surface area contributed by atoms with Crippen molar-refractivity contribution in [2.24, 2.45) is 0 Å². The molecule has 1 aromatic rings. The third-order valence-electron chi connectivity index (χ3n) is 1.79. The minimum atomic E-state index is -1.17. The highest BCUT2D eigenvalue weighted by atomic mass is 79.9. The van der Waals surface area contributed by atoms with E-state index in [0.29, 0.717) is 5.02 Å². The zero-order valence-corrected chi connectivity index (χ0v) is 9.96. The van der Waals surface area contributed by atoms with Gasteiger partial charge in [-0.3, -0.25) is 9.59 Å². The second kappa shape index (κ2) is 5.28. The van der Waals surface area contributed by atoms with E-state index in [1.165, 1.54) is 0 Å². The lowest BCUT2D eigenvalue weighted by molar-refractivity contribution is -0.139. The zero-order valence-electron chi connectivity index (χ0n) is 7.61. The Labute approximate surface area is 100 Å². The Kier molecular flexibility index (Phi) is 4.29. The third kappa shape index (κ3) is 3.64. The lowest BCUT2D eigenvalue weighted by Gasteiger charge is -2.03. The summed E-state index contributed by atoms with van der Waals surface area (Å²) in [4.78, 5) is 20.7. The molecule has 1 unspecified atom stereocenters. The Morgan fingerprint density at radius 3 is 2.33 bits per heavy atom. The molecule has 0 saturated carbocycles. The normalized spacial score (nSPS) is 12.1. The number of carboxylic acid groups (broad SMARTS) is 1. The summed E-state index contributed by atoms with van der Waals surface area (Å²) in [6.07, 6.45) is 0.0827. The summed E-state index contributed by atoms with van der Waals surface area (Å²) in [5, 5.41) is 9.17. The van der Waals surface area contributed by atoms with Crippen LogP contribution in [0.3, 0.4) is 0 Å². The van der Waals surface area contributed by atoms with Gasteiger partial charge in [0.25, 0.3) is 0 Å². The maximum absolute atomic E-state index is 11.4. The third-order valence-corrected chi connectivity index (χ3v) is 2.95. The molecule has 0 spiro atoms. The van der Waals surface area contributed by atoms with Crippen LogP contribution in [-0.2, 0) is 16.0 Å². The molecule has 0 amide bonds. The summed E-state index contributed by atoms with van der Waals surface area (Å²) < 4.78 is 0. The summed E-state index contributed by atoms with van der Waals surface area (Å²) in [6.45, 7) is 0. The van der Waals surface area contributed by atoms with Gasteiger partial charge < -0.3 is 5.11 Å². The van der Waals surface area contributed by atoms with Crippen LogP contribution in [0.15, 0.2) is 24.3 Å². The standard InChI is InChI=1S/C10H8BrClO3/c11-9(10(14)15)8(13)5-6-1-3-7(12)4-2-6/h1-4,9H,5H2,(H,14,15). The highest BCUT2D eigenvalue weighted by molar-refractivity contribution is 9.10. The zero-order chi connectivity index (χ0) is 11.4. The fourth-order valence-electron chi connectivity index (χ4n) is 1.03. The minimum Gasteiger partial charge on any atom is -0.480 e. The molecule has 0 heterocycles. The number of alkyl halides is 1. The molecule has 0 bridgehead atoms. The SMILES string of the molecule is O=C(O)C(Br)C(=O)Cc1ccc(Cl)cc1. The van der Waals surface area contributed by atoms with Crippen molar-refractivity contribution in [1.29, 1.82) is 0 Å². The van der Waals surface area contributed by atoms with Crippen molar-refractivity contribution in [3.8, 4) is 0 Å². The van der Waals surface area contributed by atoms with Gasteiger partial charge in [-0.2, -0.15) is 0 Å². The average molecular weight is 292 g/mol. The summed E-state index contributed by atoms with van der Waals surface area (Å²) in [7, 11) is 0. The Balaban J connectivity index is 2.66. The summed E-state index contributed by atoms with van der Waals surface area (Å²) >= 11 is 8.48. The topological polar surface area (TPSA) is 54.4 Å². The predicted octanol–water partition coefficient (Wildman–Crippen LogP) is 2.30. The van der Waals surface area contributed by atoms with E-state index < -0.39 is 10.8 Å². The Morgan fingerprint density at radius 1 is 1.33 bits per heavy atom. The molecular formula is C10H8BrClO3. The summed E-state index contributed by atoms with van der Waals surface area (Å²) in [5.74, 6) is -1.56. The van der Waals surface area contributed by atoms with E-state index in [1.54, 1.807) is 24.3 Å². The molecule has 1 atom stereocenters. The molecule has 0 aliphatic rings. The van der Waals surface area contributed by atoms with Crippen LogP contribution in [0.4, 0.5) is 0 Å². The largest absolute Gasteiger partial charge is 0.480 e. The summed E-state index contributed by atoms with van der Waals surface area (Å²) in [6, 6.07) is 6.71. The van der Waals surface area contributed by atoms with Crippen LogP contribution in [0.1, 0.15) is 5.56 Å². The van der Waals surface area contributed by atoms with Gasteiger partial charge in [0.2, 0.25) is 0 Å². The molecule has 0 fully saturated rings. The Morgan fingerprint density at radius 2 is 1.87 bits per heavy atom. The van der Waals surface area contributed by atoms with Crippen molar-refractivity contribution in [2.45, 2.75) is 11.2 Å². The second-order valence-corrected chi connectivity index (χ2v) is 4.32. The number of ketones is 1. The van der Waals surface area contributed by atoms with E-state index in [0.717, 1.165) is 5.56 Å². The lowest BCUT2D eigenvalue weighted by Crippen LogP contribution is -2.25.